The zero-order chi connectivity index (χ0) is 20.5. The first-order chi connectivity index (χ1) is 13.9. The lowest BCUT2D eigenvalue weighted by Gasteiger charge is -2.29. The molecule has 1 aliphatic heterocycles. The molecule has 2 amide bonds. The topological polar surface area (TPSA) is 89.4 Å². The van der Waals surface area contributed by atoms with E-state index in [4.69, 9.17) is 16.3 Å². The second-order valence-electron chi connectivity index (χ2n) is 6.67. The smallest absolute Gasteiger partial charge is 0.265 e. The molecule has 3 heterocycles. The molecule has 0 fully saturated rings. The summed E-state index contributed by atoms with van der Waals surface area (Å²) in [6.07, 6.45) is 1.55. The summed E-state index contributed by atoms with van der Waals surface area (Å²) in [5.74, 6) is 0.498. The molecular weight excluding hydrogens is 394 g/mol. The van der Waals surface area contributed by atoms with Crippen LogP contribution in [0.3, 0.4) is 0 Å². The first-order valence-corrected chi connectivity index (χ1v) is 9.31. The molecule has 0 atom stereocenters. The minimum absolute atomic E-state index is 0.124. The molecule has 148 valence electrons. The zero-order valence-corrected chi connectivity index (χ0v) is 16.6. The van der Waals surface area contributed by atoms with Gasteiger partial charge in [-0.05, 0) is 50.2 Å². The van der Waals surface area contributed by atoms with E-state index in [1.165, 1.54) is 4.90 Å². The quantitative estimate of drug-likeness (QED) is 0.713. The SMILES string of the molecule is Cc1cc(C)n(-c2ccc(NC(=O)CN3C(=O)COc4ccc(Cl)cc43)cn2)n1. The van der Waals surface area contributed by atoms with E-state index in [1.807, 2.05) is 19.9 Å². The van der Waals surface area contributed by atoms with E-state index in [-0.39, 0.29) is 25.0 Å². The summed E-state index contributed by atoms with van der Waals surface area (Å²) in [5.41, 5.74) is 2.86. The van der Waals surface area contributed by atoms with Gasteiger partial charge in [-0.2, -0.15) is 5.10 Å². The Labute approximate surface area is 172 Å². The fourth-order valence-electron chi connectivity index (χ4n) is 3.14. The van der Waals surface area contributed by atoms with Gasteiger partial charge < -0.3 is 10.1 Å². The molecule has 1 N–H and O–H groups in total. The summed E-state index contributed by atoms with van der Waals surface area (Å²) in [5, 5.41) is 7.60. The Morgan fingerprint density at radius 1 is 1.24 bits per heavy atom. The van der Waals surface area contributed by atoms with Gasteiger partial charge in [0, 0.05) is 10.7 Å². The fourth-order valence-corrected chi connectivity index (χ4v) is 3.31. The Bertz CT molecular complexity index is 1090. The number of rotatable bonds is 4. The predicted octanol–water partition coefficient (Wildman–Crippen LogP) is 2.90. The van der Waals surface area contributed by atoms with Gasteiger partial charge in [0.1, 0.15) is 12.3 Å². The maximum Gasteiger partial charge on any atom is 0.265 e. The predicted molar refractivity (Wildman–Crippen MR) is 109 cm³/mol. The molecule has 0 saturated heterocycles. The Balaban J connectivity index is 1.47. The van der Waals surface area contributed by atoms with Gasteiger partial charge in [0.25, 0.3) is 5.91 Å². The highest BCUT2D eigenvalue weighted by atomic mass is 35.5. The van der Waals surface area contributed by atoms with Crippen molar-refractivity contribution in [1.29, 1.82) is 0 Å². The number of aromatic nitrogens is 3. The molecule has 1 aromatic carbocycles. The number of nitrogens with one attached hydrogen (secondary N) is 1. The average molecular weight is 412 g/mol. The molecule has 9 heteroatoms. The number of fused-ring (bicyclic) bond motifs is 1. The van der Waals surface area contributed by atoms with Crippen LogP contribution >= 0.6 is 11.6 Å². The van der Waals surface area contributed by atoms with Crippen LogP contribution in [-0.2, 0) is 9.59 Å². The van der Waals surface area contributed by atoms with Gasteiger partial charge in [0.15, 0.2) is 12.4 Å². The number of hydrogen-bond acceptors (Lipinski definition) is 5. The van der Waals surface area contributed by atoms with Crippen LogP contribution in [0.1, 0.15) is 11.4 Å². The van der Waals surface area contributed by atoms with Crippen molar-refractivity contribution in [2.45, 2.75) is 13.8 Å². The minimum Gasteiger partial charge on any atom is -0.482 e. The zero-order valence-electron chi connectivity index (χ0n) is 15.8. The molecule has 0 bridgehead atoms. The molecule has 0 spiro atoms. The van der Waals surface area contributed by atoms with E-state index >= 15 is 0 Å². The summed E-state index contributed by atoms with van der Waals surface area (Å²) < 4.78 is 7.12. The molecule has 0 aliphatic carbocycles. The van der Waals surface area contributed by atoms with Crippen LogP contribution in [0.5, 0.6) is 5.75 Å². The van der Waals surface area contributed by atoms with Crippen molar-refractivity contribution < 1.29 is 14.3 Å². The number of amides is 2. The highest BCUT2D eigenvalue weighted by molar-refractivity contribution is 6.31. The van der Waals surface area contributed by atoms with Gasteiger partial charge in [0.05, 0.1) is 23.3 Å². The van der Waals surface area contributed by atoms with Gasteiger partial charge in [-0.25, -0.2) is 9.67 Å². The molecule has 0 saturated carbocycles. The van der Waals surface area contributed by atoms with Crippen molar-refractivity contribution >= 4 is 34.8 Å². The third-order valence-electron chi connectivity index (χ3n) is 4.42. The largest absolute Gasteiger partial charge is 0.482 e. The molecule has 1 aliphatic rings. The van der Waals surface area contributed by atoms with Crippen LogP contribution in [-0.4, -0.2) is 39.7 Å². The Kier molecular flexibility index (Phi) is 4.94. The number of aryl methyl sites for hydroxylation is 2. The first-order valence-electron chi connectivity index (χ1n) is 8.93. The molecule has 0 radical (unpaired) electrons. The summed E-state index contributed by atoms with van der Waals surface area (Å²) in [6.45, 7) is 3.58. The average Bonchev–Trinajstić information content (AvgIpc) is 3.03. The van der Waals surface area contributed by atoms with Gasteiger partial charge >= 0.3 is 0 Å². The van der Waals surface area contributed by atoms with E-state index in [1.54, 1.807) is 41.2 Å². The van der Waals surface area contributed by atoms with Crippen molar-refractivity contribution in [3.8, 4) is 11.6 Å². The number of anilines is 2. The van der Waals surface area contributed by atoms with E-state index in [2.05, 4.69) is 15.4 Å². The third-order valence-corrected chi connectivity index (χ3v) is 4.66. The number of hydrogen-bond donors (Lipinski definition) is 1. The van der Waals surface area contributed by atoms with E-state index in [0.717, 1.165) is 11.4 Å². The second-order valence-corrected chi connectivity index (χ2v) is 7.11. The molecule has 29 heavy (non-hydrogen) atoms. The van der Waals surface area contributed by atoms with Crippen LogP contribution in [0.25, 0.3) is 5.82 Å². The molecular formula is C20H18ClN5O3. The van der Waals surface area contributed by atoms with Crippen molar-refractivity contribution in [3.63, 3.8) is 0 Å². The Morgan fingerprint density at radius 2 is 2.07 bits per heavy atom. The third kappa shape index (κ3) is 3.93. The first kappa shape index (κ1) is 18.9. The van der Waals surface area contributed by atoms with Crippen molar-refractivity contribution in [3.05, 3.63) is 59.0 Å². The summed E-state index contributed by atoms with van der Waals surface area (Å²) >= 11 is 6.02. The van der Waals surface area contributed by atoms with Gasteiger partial charge in [0.2, 0.25) is 5.91 Å². The summed E-state index contributed by atoms with van der Waals surface area (Å²) in [6, 6.07) is 10.4. The van der Waals surface area contributed by atoms with E-state index < -0.39 is 0 Å². The summed E-state index contributed by atoms with van der Waals surface area (Å²) in [7, 11) is 0. The van der Waals surface area contributed by atoms with Crippen LogP contribution in [0.2, 0.25) is 5.02 Å². The second kappa shape index (κ2) is 7.56. The van der Waals surface area contributed by atoms with E-state index in [0.29, 0.717) is 28.0 Å². The lowest BCUT2D eigenvalue weighted by atomic mass is 10.2. The maximum atomic E-state index is 12.5. The number of carbonyl (C=O) groups is 2. The number of pyridine rings is 1. The lowest BCUT2D eigenvalue weighted by Crippen LogP contribution is -2.43. The lowest BCUT2D eigenvalue weighted by molar-refractivity contribution is -0.123. The molecule has 8 nitrogen and oxygen atoms in total. The highest BCUT2D eigenvalue weighted by Gasteiger charge is 2.27. The Morgan fingerprint density at radius 3 is 2.76 bits per heavy atom. The molecule has 2 aromatic heterocycles. The van der Waals surface area contributed by atoms with Crippen molar-refractivity contribution in [1.82, 2.24) is 14.8 Å². The van der Waals surface area contributed by atoms with Crippen LogP contribution in [0.15, 0.2) is 42.6 Å². The number of carbonyl (C=O) groups excluding carboxylic acids is 2. The molecule has 3 aromatic rings. The minimum atomic E-state index is -0.355. The van der Waals surface area contributed by atoms with Crippen LogP contribution in [0.4, 0.5) is 11.4 Å². The standard InChI is InChI=1S/C20H18ClN5O3/c1-12-7-13(2)26(24-12)18-6-4-15(9-22-18)23-19(27)10-25-16-8-14(21)3-5-17(16)29-11-20(25)28/h3-9H,10-11H2,1-2H3,(H,23,27). The van der Waals surface area contributed by atoms with Crippen LogP contribution in [0, 0.1) is 13.8 Å². The monoisotopic (exact) mass is 411 g/mol. The highest BCUT2D eigenvalue weighted by Crippen LogP contribution is 2.34. The van der Waals surface area contributed by atoms with E-state index in [9.17, 15) is 9.59 Å². The van der Waals surface area contributed by atoms with Gasteiger partial charge in [-0.15, -0.1) is 0 Å². The Hall–Kier alpha value is -3.39. The normalized spacial score (nSPS) is 13.1. The maximum absolute atomic E-state index is 12.5. The number of benzene rings is 1. The summed E-state index contributed by atoms with van der Waals surface area (Å²) in [4.78, 5) is 30.5. The van der Waals surface area contributed by atoms with Crippen LogP contribution < -0.4 is 15.0 Å². The van der Waals surface area contributed by atoms with Crippen molar-refractivity contribution in [2.24, 2.45) is 0 Å². The van der Waals surface area contributed by atoms with Crippen molar-refractivity contribution in [2.75, 3.05) is 23.4 Å². The van der Waals surface area contributed by atoms with Gasteiger partial charge in [-0.1, -0.05) is 11.6 Å². The van der Waals surface area contributed by atoms with Gasteiger partial charge in [-0.3, -0.25) is 14.5 Å². The number of ether oxygens (including phenoxy) is 1. The molecule has 0 unspecified atom stereocenters. The number of nitrogens with zero attached hydrogens (tertiary/aromatic N) is 4. The number of halogens is 1. The fraction of sp³-hybridized carbons (Fsp3) is 0.200. The molecule has 4 rings (SSSR count).